The molecule has 0 unspecified atom stereocenters. The molecule has 1 aromatic heterocycles. The second-order valence-corrected chi connectivity index (χ2v) is 6.89. The Morgan fingerprint density at radius 2 is 2.00 bits per heavy atom. The van der Waals surface area contributed by atoms with E-state index in [9.17, 15) is 4.79 Å². The van der Waals surface area contributed by atoms with E-state index in [1.165, 1.54) is 12.8 Å². The first-order chi connectivity index (χ1) is 12.2. The van der Waals surface area contributed by atoms with E-state index in [1.54, 1.807) is 0 Å². The number of fused-ring (bicyclic) bond motifs is 1. The van der Waals surface area contributed by atoms with Gasteiger partial charge in [0.15, 0.2) is 0 Å². The number of hydrogen-bond donors (Lipinski definition) is 0. The molecule has 4 nitrogen and oxygen atoms in total. The Balaban J connectivity index is 2.02. The summed E-state index contributed by atoms with van der Waals surface area (Å²) >= 11 is 0. The van der Waals surface area contributed by atoms with Gasteiger partial charge in [-0.2, -0.15) is 0 Å². The highest BCUT2D eigenvalue weighted by Gasteiger charge is 2.22. The number of aryl methyl sites for hydroxylation is 1. The number of nitrogens with zero attached hydrogens (tertiary/aromatic N) is 1. The maximum Gasteiger partial charge on any atom is 0.340 e. The van der Waals surface area contributed by atoms with E-state index in [2.05, 4.69) is 17.6 Å². The van der Waals surface area contributed by atoms with Crippen molar-refractivity contribution in [1.82, 2.24) is 4.57 Å². The molecule has 1 saturated carbocycles. The molecular formula is C21H29NO3. The number of ether oxygens (including phenoxy) is 2. The van der Waals surface area contributed by atoms with Crippen molar-refractivity contribution in [2.24, 2.45) is 0 Å². The van der Waals surface area contributed by atoms with Crippen molar-refractivity contribution in [2.75, 3.05) is 6.61 Å². The van der Waals surface area contributed by atoms with E-state index in [0.717, 1.165) is 54.6 Å². The van der Waals surface area contributed by atoms with E-state index in [4.69, 9.17) is 9.47 Å². The molecule has 0 spiro atoms. The van der Waals surface area contributed by atoms with Crippen LogP contribution in [-0.2, 0) is 11.3 Å². The van der Waals surface area contributed by atoms with Crippen LogP contribution in [0.1, 0.15) is 68.4 Å². The van der Waals surface area contributed by atoms with Crippen molar-refractivity contribution in [2.45, 2.75) is 71.9 Å². The molecule has 0 saturated heterocycles. The van der Waals surface area contributed by atoms with Crippen molar-refractivity contribution in [3.8, 4) is 5.75 Å². The molecule has 1 aromatic carbocycles. The summed E-state index contributed by atoms with van der Waals surface area (Å²) in [5, 5.41) is 0.947. The molecule has 25 heavy (non-hydrogen) atoms. The molecule has 136 valence electrons. The second-order valence-electron chi connectivity index (χ2n) is 6.89. The first kappa shape index (κ1) is 17.8. The van der Waals surface area contributed by atoms with Crippen LogP contribution in [0.3, 0.4) is 0 Å². The first-order valence-corrected chi connectivity index (χ1v) is 9.62. The third kappa shape index (κ3) is 3.68. The first-order valence-electron chi connectivity index (χ1n) is 9.62. The van der Waals surface area contributed by atoms with Crippen LogP contribution in [0, 0.1) is 6.92 Å². The predicted octanol–water partition coefficient (Wildman–Crippen LogP) is 5.25. The molecule has 0 atom stereocenters. The topological polar surface area (TPSA) is 40.5 Å². The fraction of sp³-hybridized carbons (Fsp3) is 0.571. The van der Waals surface area contributed by atoms with E-state index >= 15 is 0 Å². The summed E-state index contributed by atoms with van der Waals surface area (Å²) in [7, 11) is 0. The predicted molar refractivity (Wildman–Crippen MR) is 100 cm³/mol. The molecule has 0 amide bonds. The van der Waals surface area contributed by atoms with Crippen molar-refractivity contribution in [3.05, 3.63) is 29.5 Å². The van der Waals surface area contributed by atoms with Crippen LogP contribution in [-0.4, -0.2) is 23.2 Å². The molecule has 0 aliphatic heterocycles. The monoisotopic (exact) mass is 343 g/mol. The number of hydrogen-bond acceptors (Lipinski definition) is 3. The van der Waals surface area contributed by atoms with Gasteiger partial charge in [0.1, 0.15) is 5.75 Å². The lowest BCUT2D eigenvalue weighted by Gasteiger charge is -2.13. The number of carbonyl (C=O) groups is 1. The Labute approximate surface area is 150 Å². The highest BCUT2D eigenvalue weighted by molar-refractivity contribution is 6.06. The number of benzene rings is 1. The smallest absolute Gasteiger partial charge is 0.340 e. The van der Waals surface area contributed by atoms with Crippen LogP contribution in [0.2, 0.25) is 0 Å². The van der Waals surface area contributed by atoms with Crippen LogP contribution in [0.4, 0.5) is 0 Å². The summed E-state index contributed by atoms with van der Waals surface area (Å²) in [5.74, 6) is 0.621. The zero-order valence-corrected chi connectivity index (χ0v) is 15.6. The summed E-state index contributed by atoms with van der Waals surface area (Å²) in [6.07, 6.45) is 7.26. The van der Waals surface area contributed by atoms with Gasteiger partial charge in [-0.3, -0.25) is 0 Å². The van der Waals surface area contributed by atoms with E-state index < -0.39 is 0 Å². The molecule has 1 aliphatic rings. The van der Waals surface area contributed by atoms with Crippen LogP contribution in [0.25, 0.3) is 10.9 Å². The molecule has 4 heteroatoms. The van der Waals surface area contributed by atoms with Gasteiger partial charge in [0.05, 0.1) is 18.3 Å². The van der Waals surface area contributed by atoms with E-state index in [0.29, 0.717) is 18.3 Å². The van der Waals surface area contributed by atoms with E-state index in [-0.39, 0.29) is 5.97 Å². The summed E-state index contributed by atoms with van der Waals surface area (Å²) in [5.41, 5.74) is 2.76. The third-order valence-corrected chi connectivity index (χ3v) is 5.11. The quantitative estimate of drug-likeness (QED) is 0.645. The average Bonchev–Trinajstić information content (AvgIpc) is 3.19. The normalized spacial score (nSPS) is 15.0. The molecule has 0 bridgehead atoms. The summed E-state index contributed by atoms with van der Waals surface area (Å²) in [6.45, 7) is 7.34. The number of unbranched alkanes of at least 4 members (excludes halogenated alkanes) is 1. The summed E-state index contributed by atoms with van der Waals surface area (Å²) in [4.78, 5) is 12.5. The van der Waals surface area contributed by atoms with Gasteiger partial charge >= 0.3 is 5.97 Å². The zero-order valence-electron chi connectivity index (χ0n) is 15.6. The van der Waals surface area contributed by atoms with Crippen molar-refractivity contribution in [3.63, 3.8) is 0 Å². The van der Waals surface area contributed by atoms with Gasteiger partial charge in [-0.15, -0.1) is 0 Å². The molecule has 3 rings (SSSR count). The largest absolute Gasteiger partial charge is 0.490 e. The Morgan fingerprint density at radius 3 is 2.68 bits per heavy atom. The fourth-order valence-corrected chi connectivity index (χ4v) is 3.80. The van der Waals surface area contributed by atoms with Crippen molar-refractivity contribution >= 4 is 16.9 Å². The lowest BCUT2D eigenvalue weighted by atomic mass is 10.1. The van der Waals surface area contributed by atoms with Gasteiger partial charge in [-0.25, -0.2) is 4.79 Å². The SMILES string of the molecule is CCCCn1c(C)c(C(=O)OCC)c2cc(OC3CCCC3)ccc21. The number of carbonyl (C=O) groups excluding carboxylic acids is 1. The summed E-state index contributed by atoms with van der Waals surface area (Å²) < 4.78 is 13.7. The second kappa shape index (κ2) is 7.94. The minimum absolute atomic E-state index is 0.238. The highest BCUT2D eigenvalue weighted by atomic mass is 16.5. The van der Waals surface area contributed by atoms with Gasteiger partial charge in [-0.05, 0) is 64.2 Å². The lowest BCUT2D eigenvalue weighted by molar-refractivity contribution is 0.0527. The fourth-order valence-electron chi connectivity index (χ4n) is 3.80. The number of aromatic nitrogens is 1. The summed E-state index contributed by atoms with van der Waals surface area (Å²) in [6, 6.07) is 6.15. The van der Waals surface area contributed by atoms with Crippen LogP contribution >= 0.6 is 0 Å². The van der Waals surface area contributed by atoms with Gasteiger partial charge in [0.2, 0.25) is 0 Å². The van der Waals surface area contributed by atoms with Crippen LogP contribution in [0.15, 0.2) is 18.2 Å². The molecule has 1 heterocycles. The van der Waals surface area contributed by atoms with Gasteiger partial charge in [0, 0.05) is 23.1 Å². The maximum atomic E-state index is 12.5. The third-order valence-electron chi connectivity index (χ3n) is 5.11. The van der Waals surface area contributed by atoms with Gasteiger partial charge in [-0.1, -0.05) is 13.3 Å². The zero-order chi connectivity index (χ0) is 17.8. The standard InChI is InChI=1S/C21H29NO3/c1-4-6-13-22-15(3)20(21(23)24-5-2)18-14-17(11-12-19(18)22)25-16-9-7-8-10-16/h11-12,14,16H,4-10,13H2,1-3H3. The number of esters is 1. The minimum atomic E-state index is -0.238. The molecule has 0 N–H and O–H groups in total. The Morgan fingerprint density at radius 1 is 1.24 bits per heavy atom. The Hall–Kier alpha value is -1.97. The van der Waals surface area contributed by atoms with Crippen molar-refractivity contribution in [1.29, 1.82) is 0 Å². The minimum Gasteiger partial charge on any atom is -0.490 e. The van der Waals surface area contributed by atoms with Gasteiger partial charge in [0.25, 0.3) is 0 Å². The Kier molecular flexibility index (Phi) is 5.67. The molecule has 2 aromatic rings. The molecule has 1 fully saturated rings. The van der Waals surface area contributed by atoms with Crippen LogP contribution in [0.5, 0.6) is 5.75 Å². The van der Waals surface area contributed by atoms with Crippen molar-refractivity contribution < 1.29 is 14.3 Å². The lowest BCUT2D eigenvalue weighted by Crippen LogP contribution is -2.10. The number of rotatable bonds is 7. The van der Waals surface area contributed by atoms with Crippen LogP contribution < -0.4 is 4.74 Å². The maximum absolute atomic E-state index is 12.5. The molecule has 1 aliphatic carbocycles. The highest BCUT2D eigenvalue weighted by Crippen LogP contribution is 2.32. The van der Waals surface area contributed by atoms with E-state index in [1.807, 2.05) is 26.0 Å². The van der Waals surface area contributed by atoms with Gasteiger partial charge < -0.3 is 14.0 Å². The average molecular weight is 343 g/mol. The molecular weight excluding hydrogens is 314 g/mol. The molecule has 0 radical (unpaired) electrons. The Bertz CT molecular complexity index is 741.